The van der Waals surface area contributed by atoms with Crippen LogP contribution in [0.25, 0.3) is 0 Å². The van der Waals surface area contributed by atoms with E-state index in [9.17, 15) is 9.90 Å². The van der Waals surface area contributed by atoms with Crippen molar-refractivity contribution in [1.29, 1.82) is 0 Å². The molecule has 1 amide bonds. The molecule has 4 heteroatoms. The average Bonchev–Trinajstić information content (AvgIpc) is 2.46. The zero-order chi connectivity index (χ0) is 16.7. The summed E-state index contributed by atoms with van der Waals surface area (Å²) in [5, 5.41) is 10.2. The van der Waals surface area contributed by atoms with E-state index in [-0.39, 0.29) is 24.1 Å². The number of hydrogen-bond donors (Lipinski definition) is 1. The van der Waals surface area contributed by atoms with E-state index in [1.54, 1.807) is 11.0 Å². The van der Waals surface area contributed by atoms with E-state index in [0.29, 0.717) is 0 Å². The molecule has 4 nitrogen and oxygen atoms in total. The Labute approximate surface area is 133 Å². The molecule has 0 aromatic heterocycles. The first-order chi connectivity index (χ1) is 10.3. The maximum atomic E-state index is 12.0. The quantitative estimate of drug-likeness (QED) is 0.804. The van der Waals surface area contributed by atoms with Gasteiger partial charge in [-0.1, -0.05) is 37.3 Å². The molecule has 22 heavy (non-hydrogen) atoms. The molecule has 0 radical (unpaired) electrons. The van der Waals surface area contributed by atoms with Crippen LogP contribution < -0.4 is 0 Å². The second kappa shape index (κ2) is 8.59. The number of rotatable bonds is 6. The van der Waals surface area contributed by atoms with Crippen LogP contribution in [-0.4, -0.2) is 28.2 Å². The highest BCUT2D eigenvalue weighted by molar-refractivity contribution is 5.68. The van der Waals surface area contributed by atoms with Crippen LogP contribution in [0.3, 0.4) is 0 Å². The summed E-state index contributed by atoms with van der Waals surface area (Å²) in [5.41, 5.74) is 0.844. The Kier molecular flexibility index (Phi) is 7.12. The molecule has 1 aromatic rings. The highest BCUT2D eigenvalue weighted by atomic mass is 16.5. The number of amides is 1. The lowest BCUT2D eigenvalue weighted by Gasteiger charge is -2.29. The minimum absolute atomic E-state index is 0.0771. The minimum Gasteiger partial charge on any atom is -0.418 e. The van der Waals surface area contributed by atoms with Gasteiger partial charge in [-0.25, -0.2) is 4.79 Å². The van der Waals surface area contributed by atoms with Gasteiger partial charge in [0.25, 0.3) is 0 Å². The summed E-state index contributed by atoms with van der Waals surface area (Å²) in [6, 6.07) is 9.59. The van der Waals surface area contributed by atoms with E-state index in [0.717, 1.165) is 5.56 Å². The summed E-state index contributed by atoms with van der Waals surface area (Å²) in [6.45, 7) is 9.68. The number of aliphatic hydroxyl groups is 1. The Hall–Kier alpha value is -1.81. The predicted octanol–water partition coefficient (Wildman–Crippen LogP) is 4.13. The van der Waals surface area contributed by atoms with Crippen molar-refractivity contribution in [2.24, 2.45) is 5.92 Å². The molecule has 1 aromatic carbocycles. The van der Waals surface area contributed by atoms with Crippen molar-refractivity contribution in [2.45, 2.75) is 52.8 Å². The fraction of sp³-hybridized carbons (Fsp3) is 0.500. The first-order valence-corrected chi connectivity index (χ1v) is 7.73. The molecule has 0 saturated heterocycles. The van der Waals surface area contributed by atoms with Crippen molar-refractivity contribution >= 4 is 6.09 Å². The van der Waals surface area contributed by atoms with E-state index >= 15 is 0 Å². The SMILES string of the molecule is CC(C)N(C(=O)O/C=C/[C@@H](C)[C@H](O)c1ccccc1)C(C)C. The summed E-state index contributed by atoms with van der Waals surface area (Å²) in [7, 11) is 0. The van der Waals surface area contributed by atoms with Crippen LogP contribution in [0.1, 0.15) is 46.3 Å². The van der Waals surface area contributed by atoms with Crippen LogP contribution in [0.2, 0.25) is 0 Å². The third-order valence-electron chi connectivity index (χ3n) is 3.51. The van der Waals surface area contributed by atoms with Crippen LogP contribution in [0.4, 0.5) is 4.79 Å². The molecule has 122 valence electrons. The lowest BCUT2D eigenvalue weighted by molar-refractivity contribution is 0.107. The number of carbonyl (C=O) groups excluding carboxylic acids is 1. The summed E-state index contributed by atoms with van der Waals surface area (Å²) < 4.78 is 5.18. The molecule has 0 aliphatic heterocycles. The Bertz CT molecular complexity index is 474. The maximum Gasteiger partial charge on any atom is 0.415 e. The van der Waals surface area contributed by atoms with E-state index in [2.05, 4.69) is 0 Å². The number of hydrogen-bond acceptors (Lipinski definition) is 3. The molecule has 0 saturated carbocycles. The Balaban J connectivity index is 2.59. The molecular formula is C18H27NO3. The molecule has 0 fully saturated rings. The van der Waals surface area contributed by atoms with Gasteiger partial charge in [-0.2, -0.15) is 0 Å². The summed E-state index contributed by atoms with van der Waals surface area (Å²) in [4.78, 5) is 13.7. The van der Waals surface area contributed by atoms with Gasteiger partial charge in [-0.15, -0.1) is 0 Å². The molecule has 2 atom stereocenters. The number of nitrogens with zero attached hydrogens (tertiary/aromatic N) is 1. The topological polar surface area (TPSA) is 49.8 Å². The second-order valence-electron chi connectivity index (χ2n) is 6.02. The van der Waals surface area contributed by atoms with Crippen molar-refractivity contribution in [3.8, 4) is 0 Å². The van der Waals surface area contributed by atoms with Gasteiger partial charge in [0.2, 0.25) is 0 Å². The van der Waals surface area contributed by atoms with Gasteiger partial charge in [0.15, 0.2) is 0 Å². The molecule has 0 unspecified atom stereocenters. The molecule has 0 bridgehead atoms. The van der Waals surface area contributed by atoms with Gasteiger partial charge in [0.05, 0.1) is 12.4 Å². The van der Waals surface area contributed by atoms with Crippen molar-refractivity contribution in [1.82, 2.24) is 4.90 Å². The van der Waals surface area contributed by atoms with Gasteiger partial charge in [0.1, 0.15) is 0 Å². The smallest absolute Gasteiger partial charge is 0.415 e. The van der Waals surface area contributed by atoms with Crippen molar-refractivity contribution in [3.63, 3.8) is 0 Å². The van der Waals surface area contributed by atoms with E-state index < -0.39 is 6.10 Å². The molecular weight excluding hydrogens is 278 g/mol. The van der Waals surface area contributed by atoms with Crippen LogP contribution in [-0.2, 0) is 4.74 Å². The number of benzene rings is 1. The first kappa shape index (κ1) is 18.2. The highest BCUT2D eigenvalue weighted by Gasteiger charge is 2.21. The number of aliphatic hydroxyl groups excluding tert-OH is 1. The molecule has 0 spiro atoms. The first-order valence-electron chi connectivity index (χ1n) is 7.73. The molecule has 0 aliphatic rings. The highest BCUT2D eigenvalue weighted by Crippen LogP contribution is 2.22. The fourth-order valence-corrected chi connectivity index (χ4v) is 2.36. The van der Waals surface area contributed by atoms with Gasteiger partial charge in [-0.05, 0) is 39.3 Å². The lowest BCUT2D eigenvalue weighted by atomic mass is 9.98. The van der Waals surface area contributed by atoms with Gasteiger partial charge in [-0.3, -0.25) is 0 Å². The Morgan fingerprint density at radius 1 is 1.09 bits per heavy atom. The molecule has 1 N–H and O–H groups in total. The maximum absolute atomic E-state index is 12.0. The largest absolute Gasteiger partial charge is 0.418 e. The third-order valence-corrected chi connectivity index (χ3v) is 3.51. The zero-order valence-electron chi connectivity index (χ0n) is 14.1. The number of carbonyl (C=O) groups is 1. The molecule has 1 rings (SSSR count). The fourth-order valence-electron chi connectivity index (χ4n) is 2.36. The van der Waals surface area contributed by atoms with Crippen LogP contribution in [0.5, 0.6) is 0 Å². The van der Waals surface area contributed by atoms with Gasteiger partial charge >= 0.3 is 6.09 Å². The monoisotopic (exact) mass is 305 g/mol. The minimum atomic E-state index is -0.623. The average molecular weight is 305 g/mol. The molecule has 0 aliphatic carbocycles. The standard InChI is InChI=1S/C18H27NO3/c1-13(2)19(14(3)4)18(21)22-12-11-15(5)17(20)16-9-7-6-8-10-16/h6-15,17,20H,1-5H3/b12-11+/t15-,17+/m1/s1. The van der Waals surface area contributed by atoms with E-state index in [1.165, 1.54) is 6.26 Å². The van der Waals surface area contributed by atoms with Crippen LogP contribution in [0.15, 0.2) is 42.7 Å². The lowest BCUT2D eigenvalue weighted by Crippen LogP contribution is -2.41. The van der Waals surface area contributed by atoms with E-state index in [4.69, 9.17) is 4.74 Å². The third kappa shape index (κ3) is 5.19. The predicted molar refractivity (Wildman–Crippen MR) is 88.3 cm³/mol. The van der Waals surface area contributed by atoms with Crippen molar-refractivity contribution in [3.05, 3.63) is 48.2 Å². The van der Waals surface area contributed by atoms with Gasteiger partial charge < -0.3 is 14.7 Å². The van der Waals surface area contributed by atoms with Crippen molar-refractivity contribution in [2.75, 3.05) is 0 Å². The van der Waals surface area contributed by atoms with Crippen LogP contribution >= 0.6 is 0 Å². The second-order valence-corrected chi connectivity index (χ2v) is 6.02. The van der Waals surface area contributed by atoms with E-state index in [1.807, 2.05) is 65.0 Å². The summed E-state index contributed by atoms with van der Waals surface area (Å²) in [5.74, 6) is -0.151. The summed E-state index contributed by atoms with van der Waals surface area (Å²) >= 11 is 0. The van der Waals surface area contributed by atoms with Crippen LogP contribution in [0, 0.1) is 5.92 Å². The molecule has 0 heterocycles. The normalized spacial score (nSPS) is 14.4. The Morgan fingerprint density at radius 2 is 1.64 bits per heavy atom. The zero-order valence-corrected chi connectivity index (χ0v) is 14.1. The Morgan fingerprint density at radius 3 is 2.14 bits per heavy atom. The number of ether oxygens (including phenoxy) is 1. The summed E-state index contributed by atoms with van der Waals surface area (Å²) in [6.07, 6.45) is 2.08. The van der Waals surface area contributed by atoms with Crippen molar-refractivity contribution < 1.29 is 14.6 Å². The van der Waals surface area contributed by atoms with Gasteiger partial charge in [0, 0.05) is 18.0 Å².